The average Bonchev–Trinajstić information content (AvgIpc) is 3.07. The van der Waals surface area contributed by atoms with Crippen molar-refractivity contribution in [3.63, 3.8) is 0 Å². The van der Waals surface area contributed by atoms with E-state index < -0.39 is 59.2 Å². The van der Waals surface area contributed by atoms with E-state index in [0.717, 1.165) is 44.2 Å². The molecule has 13 nitrogen and oxygen atoms in total. The van der Waals surface area contributed by atoms with Gasteiger partial charge in [-0.25, -0.2) is 18.5 Å². The van der Waals surface area contributed by atoms with Crippen LogP contribution in [0.5, 0.6) is 0 Å². The molecule has 1 spiro atoms. The van der Waals surface area contributed by atoms with Crippen molar-refractivity contribution < 1.29 is 27.9 Å². The van der Waals surface area contributed by atoms with Gasteiger partial charge in [-0.1, -0.05) is 0 Å². The molecule has 5 aliphatic heterocycles. The van der Waals surface area contributed by atoms with E-state index in [1.807, 2.05) is 18.9 Å². The molecule has 2 unspecified atom stereocenters. The van der Waals surface area contributed by atoms with Crippen LogP contribution in [-0.2, 0) is 20.7 Å². The lowest BCUT2D eigenvalue weighted by atomic mass is 9.65. The Kier molecular flexibility index (Phi) is 8.69. The summed E-state index contributed by atoms with van der Waals surface area (Å²) >= 11 is 0. The second-order valence-electron chi connectivity index (χ2n) is 13.9. The highest BCUT2D eigenvalue weighted by atomic mass is 19.2. The number of aromatic nitrogens is 2. The van der Waals surface area contributed by atoms with Crippen molar-refractivity contribution in [3.05, 3.63) is 41.9 Å². The minimum atomic E-state index is -1.86. The number of amides is 4. The Morgan fingerprint density at radius 1 is 0.917 bits per heavy atom. The summed E-state index contributed by atoms with van der Waals surface area (Å²) in [6.45, 7) is 10.1. The van der Waals surface area contributed by atoms with Gasteiger partial charge >= 0.3 is 6.03 Å². The van der Waals surface area contributed by atoms with Crippen LogP contribution < -0.4 is 10.2 Å². The molecule has 2 aromatic rings. The Labute approximate surface area is 278 Å². The molecule has 4 fully saturated rings. The number of carbonyl (C=O) groups is 3. The number of hydrogen-bond donors (Lipinski definition) is 1. The zero-order chi connectivity index (χ0) is 33.9. The molecule has 6 heterocycles. The summed E-state index contributed by atoms with van der Waals surface area (Å²) in [5.41, 5.74) is -1.56. The van der Waals surface area contributed by atoms with Gasteiger partial charge in [-0.2, -0.15) is 0 Å². The smallest absolute Gasteiger partial charge is 0.331 e. The van der Waals surface area contributed by atoms with E-state index >= 15 is 8.78 Å². The third kappa shape index (κ3) is 5.45. The highest BCUT2D eigenvalue weighted by molar-refractivity contribution is 6.20. The van der Waals surface area contributed by atoms with Gasteiger partial charge in [0.15, 0.2) is 17.0 Å². The predicted molar refractivity (Wildman–Crippen MR) is 172 cm³/mol. The summed E-state index contributed by atoms with van der Waals surface area (Å²) in [5, 5.41) is 2.49. The van der Waals surface area contributed by atoms with Gasteiger partial charge in [0.25, 0.3) is 0 Å². The third-order valence-corrected chi connectivity index (χ3v) is 10.9. The van der Waals surface area contributed by atoms with E-state index in [4.69, 9.17) is 4.74 Å². The van der Waals surface area contributed by atoms with Gasteiger partial charge in [0.2, 0.25) is 11.8 Å². The summed E-state index contributed by atoms with van der Waals surface area (Å²) in [6, 6.07) is -0.865. The van der Waals surface area contributed by atoms with E-state index in [2.05, 4.69) is 37.0 Å². The molecule has 15 heteroatoms. The van der Waals surface area contributed by atoms with Gasteiger partial charge in [-0.15, -0.1) is 0 Å². The van der Waals surface area contributed by atoms with Crippen LogP contribution in [0.1, 0.15) is 19.4 Å². The molecule has 0 bridgehead atoms. The number of urea groups is 1. The Balaban J connectivity index is 1.37. The SMILES string of the molecule is C[C@@H]1O[C@H](C)C(CN2CCN(C)CC2)N2c3c(cc(-c4cnccn4)c(F)c3F)CC3(C(=O)NC(=O)N(CN4CCN(C)CC4)C3=O)[C@@H]12. The Bertz CT molecular complexity index is 1580. The van der Waals surface area contributed by atoms with Crippen molar-refractivity contribution in [1.82, 2.24) is 39.8 Å². The Hall–Kier alpha value is -3.63. The maximum atomic E-state index is 16.7. The number of hydrogen-bond acceptors (Lipinski definition) is 11. The molecule has 1 aromatic carbocycles. The first-order chi connectivity index (χ1) is 23.0. The Morgan fingerprint density at radius 3 is 2.23 bits per heavy atom. The van der Waals surface area contributed by atoms with Gasteiger partial charge in [0.05, 0.1) is 48.5 Å². The number of carbonyl (C=O) groups excluding carboxylic acids is 3. The number of piperazine rings is 2. The highest BCUT2D eigenvalue weighted by Gasteiger charge is 2.66. The largest absolute Gasteiger partial charge is 0.371 e. The van der Waals surface area contributed by atoms with E-state index in [9.17, 15) is 14.4 Å². The molecule has 5 aliphatic rings. The lowest BCUT2D eigenvalue weighted by Gasteiger charge is -2.60. The van der Waals surface area contributed by atoms with Crippen LogP contribution in [0.25, 0.3) is 11.3 Å². The number of morpholine rings is 1. The minimum Gasteiger partial charge on any atom is -0.371 e. The first-order valence-electron chi connectivity index (χ1n) is 16.7. The summed E-state index contributed by atoms with van der Waals surface area (Å²) in [6.07, 6.45) is 2.72. The van der Waals surface area contributed by atoms with Gasteiger partial charge in [0.1, 0.15) is 0 Å². The zero-order valence-corrected chi connectivity index (χ0v) is 27.9. The van der Waals surface area contributed by atoms with Gasteiger partial charge in [-0.05, 0) is 39.6 Å². The second kappa shape index (κ2) is 12.7. The van der Waals surface area contributed by atoms with Crippen LogP contribution in [-0.4, -0.2) is 156 Å². The van der Waals surface area contributed by atoms with E-state index in [0.29, 0.717) is 19.6 Å². The molecular weight excluding hydrogens is 624 g/mol. The molecule has 1 N–H and O–H groups in total. The van der Waals surface area contributed by atoms with E-state index in [1.165, 1.54) is 24.7 Å². The molecule has 1 aromatic heterocycles. The van der Waals surface area contributed by atoms with Gasteiger partial charge in [-0.3, -0.25) is 34.7 Å². The number of nitrogens with one attached hydrogen (secondary N) is 1. The summed E-state index contributed by atoms with van der Waals surface area (Å²) in [5.74, 6) is -3.58. The standard InChI is InChI=1S/C33H43F2N9O4/c1-20-25(18-41-11-7-39(3)8-12-41)44-28-22(15-23(26(34)27(28)35)24-17-36-5-6-37-24)16-33(29(44)21(2)48-20)30(45)38-32(47)43(31(33)46)19-42-13-9-40(4)10-14-42/h5-6,15,17,20-21,25,29H,7-14,16,18-19H2,1-4H3,(H,38,45,47)/t20-,21+,25?,29-,33?/m1/s1. The first kappa shape index (κ1) is 32.9. The molecule has 4 amide bonds. The second-order valence-corrected chi connectivity index (χ2v) is 13.9. The number of anilines is 1. The lowest BCUT2D eigenvalue weighted by molar-refractivity contribution is -0.164. The average molecular weight is 668 g/mol. The van der Waals surface area contributed by atoms with Crippen molar-refractivity contribution in [2.24, 2.45) is 5.41 Å². The molecule has 0 saturated carbocycles. The van der Waals surface area contributed by atoms with Gasteiger partial charge in [0, 0.05) is 83.3 Å². The van der Waals surface area contributed by atoms with E-state index in [1.54, 1.807) is 11.8 Å². The van der Waals surface area contributed by atoms with Crippen molar-refractivity contribution in [1.29, 1.82) is 0 Å². The fourth-order valence-corrected chi connectivity index (χ4v) is 8.19. The van der Waals surface area contributed by atoms with Crippen LogP contribution in [0.4, 0.5) is 19.3 Å². The molecule has 0 aliphatic carbocycles. The quantitative estimate of drug-likeness (QED) is 0.458. The fourth-order valence-electron chi connectivity index (χ4n) is 8.19. The van der Waals surface area contributed by atoms with Crippen LogP contribution in [0.15, 0.2) is 24.7 Å². The number of rotatable bonds is 5. The number of ether oxygens (including phenoxy) is 1. The number of barbiturate groups is 1. The fraction of sp³-hybridized carbons (Fsp3) is 0.606. The summed E-state index contributed by atoms with van der Waals surface area (Å²) in [7, 11) is 4.07. The molecule has 5 atom stereocenters. The number of fused-ring (bicyclic) bond motifs is 4. The predicted octanol–water partition coefficient (Wildman–Crippen LogP) is 0.846. The normalized spacial score (nSPS) is 30.8. The number of imide groups is 2. The highest BCUT2D eigenvalue weighted by Crippen LogP contribution is 2.51. The molecule has 48 heavy (non-hydrogen) atoms. The Morgan fingerprint density at radius 2 is 1.58 bits per heavy atom. The van der Waals surface area contributed by atoms with Crippen LogP contribution in [0, 0.1) is 17.0 Å². The maximum absolute atomic E-state index is 16.7. The minimum absolute atomic E-state index is 0.00606. The van der Waals surface area contributed by atoms with Crippen LogP contribution in [0.3, 0.4) is 0 Å². The van der Waals surface area contributed by atoms with E-state index in [-0.39, 0.29) is 35.6 Å². The third-order valence-electron chi connectivity index (χ3n) is 10.9. The molecular formula is C33H43F2N9O4. The number of halogens is 2. The van der Waals surface area contributed by atoms with Crippen LogP contribution in [0.2, 0.25) is 0 Å². The molecule has 0 radical (unpaired) electrons. The van der Waals surface area contributed by atoms with Crippen molar-refractivity contribution in [3.8, 4) is 11.3 Å². The lowest BCUT2D eigenvalue weighted by Crippen LogP contribution is -2.78. The van der Waals surface area contributed by atoms with Gasteiger partial charge < -0.3 is 19.4 Å². The number of nitrogens with zero attached hydrogens (tertiary/aromatic N) is 8. The number of likely N-dealkylation sites (N-methyl/N-ethyl adjacent to an activating group) is 2. The molecule has 258 valence electrons. The molecule has 4 saturated heterocycles. The summed E-state index contributed by atoms with van der Waals surface area (Å²) in [4.78, 5) is 62.4. The maximum Gasteiger partial charge on any atom is 0.331 e. The topological polar surface area (TPSA) is 118 Å². The molecule has 7 rings (SSSR count). The van der Waals surface area contributed by atoms with Crippen molar-refractivity contribution >= 4 is 23.5 Å². The van der Waals surface area contributed by atoms with Crippen LogP contribution >= 0.6 is 0 Å². The monoisotopic (exact) mass is 667 g/mol. The van der Waals surface area contributed by atoms with Crippen molar-refractivity contribution in [2.45, 2.75) is 44.6 Å². The first-order valence-corrected chi connectivity index (χ1v) is 16.7. The number of benzene rings is 1. The summed E-state index contributed by atoms with van der Waals surface area (Å²) < 4.78 is 39.3. The zero-order valence-electron chi connectivity index (χ0n) is 27.9. The van der Waals surface area contributed by atoms with Crippen molar-refractivity contribution in [2.75, 3.05) is 84.6 Å².